The highest BCUT2D eigenvalue weighted by Gasteiger charge is 2.49. The Kier molecular flexibility index (Phi) is 11.1. The molecule has 1 aromatic heterocycles. The second-order valence-corrected chi connectivity index (χ2v) is 13.0. The van der Waals surface area contributed by atoms with Crippen molar-refractivity contribution in [3.8, 4) is 0 Å². The third-order valence-corrected chi connectivity index (χ3v) is 9.82. The van der Waals surface area contributed by atoms with Crippen LogP contribution in [0.25, 0.3) is 10.2 Å². The standard InChI is InChI=1S/C31H47N5O4S/c1-4-27(37)35-31(30(32)39,19-29-34-25-11-10-23(21(2)3)18-26(25)41-29)24(22-8-6-5-7-9-22)20-33-28(38)12-13-36-14-16-40-17-15-36/h10-11,18,21-22,24H,4-9,12-17,19-20H2,1-3H3,(H2,32,39)(H,33,38)(H,35,37)/t24-,31?/m1/s1. The number of rotatable bonds is 13. The van der Waals surface area contributed by atoms with Crippen molar-refractivity contribution in [2.24, 2.45) is 17.6 Å². The van der Waals surface area contributed by atoms with E-state index in [0.29, 0.717) is 32.1 Å². The molecule has 3 amide bonds. The van der Waals surface area contributed by atoms with Gasteiger partial charge < -0.3 is 21.1 Å². The highest BCUT2D eigenvalue weighted by atomic mass is 32.1. The molecule has 226 valence electrons. The monoisotopic (exact) mass is 585 g/mol. The molecule has 1 aliphatic heterocycles. The Balaban J connectivity index is 1.62. The molecule has 1 saturated carbocycles. The minimum atomic E-state index is -1.36. The number of thiazole rings is 1. The molecule has 4 N–H and O–H groups in total. The first-order valence-corrected chi connectivity index (χ1v) is 16.1. The molecule has 1 aliphatic carbocycles. The molecule has 10 heteroatoms. The van der Waals surface area contributed by atoms with Gasteiger partial charge in [0.1, 0.15) is 5.54 Å². The summed E-state index contributed by atoms with van der Waals surface area (Å²) in [6, 6.07) is 6.27. The van der Waals surface area contributed by atoms with Crippen molar-refractivity contribution in [2.45, 2.75) is 83.6 Å². The van der Waals surface area contributed by atoms with Crippen molar-refractivity contribution in [2.75, 3.05) is 39.4 Å². The van der Waals surface area contributed by atoms with Crippen molar-refractivity contribution in [3.63, 3.8) is 0 Å². The first-order valence-electron chi connectivity index (χ1n) is 15.3. The number of hydrogen-bond donors (Lipinski definition) is 3. The van der Waals surface area contributed by atoms with Crippen LogP contribution in [-0.2, 0) is 25.5 Å². The largest absolute Gasteiger partial charge is 0.379 e. The summed E-state index contributed by atoms with van der Waals surface area (Å²) in [6.45, 7) is 10.1. The second-order valence-electron chi connectivity index (χ2n) is 11.9. The summed E-state index contributed by atoms with van der Waals surface area (Å²) >= 11 is 1.55. The van der Waals surface area contributed by atoms with Crippen molar-refractivity contribution >= 4 is 39.3 Å². The van der Waals surface area contributed by atoms with Gasteiger partial charge in [-0.3, -0.25) is 19.3 Å². The first kappa shape index (κ1) is 31.4. The van der Waals surface area contributed by atoms with Gasteiger partial charge >= 0.3 is 0 Å². The molecule has 1 aromatic carbocycles. The van der Waals surface area contributed by atoms with Gasteiger partial charge in [-0.15, -0.1) is 11.3 Å². The predicted molar refractivity (Wildman–Crippen MR) is 163 cm³/mol. The average Bonchev–Trinajstić information content (AvgIpc) is 3.38. The van der Waals surface area contributed by atoms with Gasteiger partial charge in [-0.2, -0.15) is 0 Å². The summed E-state index contributed by atoms with van der Waals surface area (Å²) in [6.07, 6.45) is 5.94. The van der Waals surface area contributed by atoms with E-state index in [1.807, 2.05) is 6.07 Å². The first-order chi connectivity index (χ1) is 19.7. The molecule has 2 aliphatic rings. The number of benzene rings is 1. The number of ether oxygens (including phenoxy) is 1. The Bertz CT molecular complexity index is 1190. The Hall–Kier alpha value is -2.56. The molecular formula is C31H47N5O4S. The molecular weight excluding hydrogens is 538 g/mol. The minimum absolute atomic E-state index is 0.0568. The Morgan fingerprint density at radius 3 is 2.54 bits per heavy atom. The quantitative estimate of drug-likeness (QED) is 0.329. The van der Waals surface area contributed by atoms with Crippen LogP contribution in [0.5, 0.6) is 0 Å². The zero-order chi connectivity index (χ0) is 29.4. The SMILES string of the molecule is CCC(=O)NC(Cc1nc2ccc(C(C)C)cc2s1)(C(N)=O)[C@H](CNC(=O)CCN1CCOCC1)C1CCCCC1. The number of amides is 3. The van der Waals surface area contributed by atoms with E-state index in [9.17, 15) is 14.4 Å². The van der Waals surface area contributed by atoms with Gasteiger partial charge in [-0.25, -0.2) is 4.98 Å². The van der Waals surface area contributed by atoms with E-state index in [-0.39, 0.29) is 43.0 Å². The van der Waals surface area contributed by atoms with Crippen LogP contribution in [0.3, 0.4) is 0 Å². The van der Waals surface area contributed by atoms with E-state index in [4.69, 9.17) is 15.5 Å². The zero-order valence-corrected chi connectivity index (χ0v) is 25.7. The van der Waals surface area contributed by atoms with Crippen LogP contribution < -0.4 is 16.4 Å². The lowest BCUT2D eigenvalue weighted by Crippen LogP contribution is -2.66. The number of fused-ring (bicyclic) bond motifs is 1. The number of nitrogens with zero attached hydrogens (tertiary/aromatic N) is 2. The number of carbonyl (C=O) groups is 3. The van der Waals surface area contributed by atoms with Gasteiger partial charge in [0, 0.05) is 51.4 Å². The highest BCUT2D eigenvalue weighted by molar-refractivity contribution is 7.18. The molecule has 0 bridgehead atoms. The number of carbonyl (C=O) groups excluding carboxylic acids is 3. The van der Waals surface area contributed by atoms with Crippen LogP contribution in [0.2, 0.25) is 0 Å². The van der Waals surface area contributed by atoms with Crippen LogP contribution >= 0.6 is 11.3 Å². The molecule has 0 spiro atoms. The fourth-order valence-corrected chi connectivity index (χ4v) is 7.39. The molecule has 2 heterocycles. The summed E-state index contributed by atoms with van der Waals surface area (Å²) < 4.78 is 6.47. The summed E-state index contributed by atoms with van der Waals surface area (Å²) in [4.78, 5) is 46.7. The second kappa shape index (κ2) is 14.6. The Morgan fingerprint density at radius 1 is 1.15 bits per heavy atom. The predicted octanol–water partition coefficient (Wildman–Crippen LogP) is 3.75. The fraction of sp³-hybridized carbons (Fsp3) is 0.677. The van der Waals surface area contributed by atoms with Crippen LogP contribution in [0.1, 0.15) is 82.2 Å². The Morgan fingerprint density at radius 2 is 1.88 bits per heavy atom. The summed E-state index contributed by atoms with van der Waals surface area (Å²) in [5.41, 5.74) is 6.99. The lowest BCUT2D eigenvalue weighted by molar-refractivity contribution is -0.135. The number of nitrogens with two attached hydrogens (primary N) is 1. The topological polar surface area (TPSA) is 127 Å². The maximum absolute atomic E-state index is 13.5. The van der Waals surface area contributed by atoms with Gasteiger partial charge in [-0.05, 0) is 29.5 Å². The summed E-state index contributed by atoms with van der Waals surface area (Å²) in [7, 11) is 0. The van der Waals surface area contributed by atoms with Crippen LogP contribution in [-0.4, -0.2) is 72.5 Å². The van der Waals surface area contributed by atoms with Crippen molar-refractivity contribution in [1.29, 1.82) is 0 Å². The Labute approximate surface area is 248 Å². The molecule has 2 aromatic rings. The van der Waals surface area contributed by atoms with Crippen molar-refractivity contribution in [3.05, 3.63) is 28.8 Å². The van der Waals surface area contributed by atoms with Crippen LogP contribution in [0.4, 0.5) is 0 Å². The molecule has 41 heavy (non-hydrogen) atoms. The molecule has 1 saturated heterocycles. The fourth-order valence-electron chi connectivity index (χ4n) is 6.28. The van der Waals surface area contributed by atoms with E-state index in [2.05, 4.69) is 41.5 Å². The van der Waals surface area contributed by atoms with Gasteiger partial charge in [0.05, 0.1) is 28.4 Å². The molecule has 2 fully saturated rings. The average molecular weight is 586 g/mol. The maximum Gasteiger partial charge on any atom is 0.243 e. The van der Waals surface area contributed by atoms with Gasteiger partial charge in [-0.1, -0.05) is 58.9 Å². The van der Waals surface area contributed by atoms with E-state index >= 15 is 0 Å². The smallest absolute Gasteiger partial charge is 0.243 e. The highest BCUT2D eigenvalue weighted by Crippen LogP contribution is 2.39. The van der Waals surface area contributed by atoms with Gasteiger partial charge in [0.15, 0.2) is 0 Å². The van der Waals surface area contributed by atoms with E-state index in [1.54, 1.807) is 18.3 Å². The number of hydrogen-bond acceptors (Lipinski definition) is 7. The number of aromatic nitrogens is 1. The van der Waals surface area contributed by atoms with Crippen molar-refractivity contribution < 1.29 is 19.1 Å². The lowest BCUT2D eigenvalue weighted by Gasteiger charge is -2.44. The van der Waals surface area contributed by atoms with E-state index in [0.717, 1.165) is 60.4 Å². The normalized spacial score (nSPS) is 19.1. The van der Waals surface area contributed by atoms with Crippen LogP contribution in [0, 0.1) is 11.8 Å². The third kappa shape index (κ3) is 8.05. The van der Waals surface area contributed by atoms with Crippen molar-refractivity contribution in [1.82, 2.24) is 20.5 Å². The van der Waals surface area contributed by atoms with Gasteiger partial charge in [0.25, 0.3) is 0 Å². The molecule has 0 radical (unpaired) electrons. The van der Waals surface area contributed by atoms with E-state index < -0.39 is 11.4 Å². The van der Waals surface area contributed by atoms with E-state index in [1.165, 1.54) is 5.56 Å². The maximum atomic E-state index is 13.5. The minimum Gasteiger partial charge on any atom is -0.379 e. The number of nitrogens with one attached hydrogen (secondary N) is 2. The number of primary amides is 1. The molecule has 2 atom stereocenters. The number of morpholine rings is 1. The third-order valence-electron chi connectivity index (χ3n) is 8.81. The lowest BCUT2D eigenvalue weighted by atomic mass is 9.68. The molecule has 4 rings (SSSR count). The summed E-state index contributed by atoms with van der Waals surface area (Å²) in [5.74, 6) is -0.665. The van der Waals surface area contributed by atoms with Gasteiger partial charge in [0.2, 0.25) is 17.7 Å². The molecule has 9 nitrogen and oxygen atoms in total. The summed E-state index contributed by atoms with van der Waals surface area (Å²) in [5, 5.41) is 6.98. The van der Waals surface area contributed by atoms with Crippen LogP contribution in [0.15, 0.2) is 18.2 Å². The molecule has 1 unspecified atom stereocenters. The zero-order valence-electron chi connectivity index (χ0n) is 24.9.